The van der Waals surface area contributed by atoms with Gasteiger partial charge in [0.2, 0.25) is 0 Å². The average molecular weight is 94.1 g/mol. The monoisotopic (exact) mass is 94.1 g/mol. The maximum absolute atomic E-state index is 5.22. The number of nitrogens with two attached hydrogens (primary N) is 1. The predicted octanol–water partition coefficient (Wildman–Crippen LogP) is -0.512. The van der Waals surface area contributed by atoms with Gasteiger partial charge in [-0.1, -0.05) is 4.68 Å². The minimum absolute atomic E-state index is 1.38. The van der Waals surface area contributed by atoms with Gasteiger partial charge in [-0.3, -0.25) is 0 Å². The van der Waals surface area contributed by atoms with Crippen LogP contribution >= 0.6 is 0 Å². The van der Waals surface area contributed by atoms with Crippen LogP contribution in [0.25, 0.3) is 0 Å². The van der Waals surface area contributed by atoms with Crippen LogP contribution in [-0.2, 0) is 0 Å². The summed E-state index contributed by atoms with van der Waals surface area (Å²) in [6, 6.07) is 5.46. The average Bonchev–Trinajstić information content (AvgIpc) is 1.69. The summed E-state index contributed by atoms with van der Waals surface area (Å²) in [5.74, 6) is 5.22. The van der Waals surface area contributed by atoms with Gasteiger partial charge in [-0.25, -0.2) is 5.84 Å². The molecule has 0 saturated carbocycles. The van der Waals surface area contributed by atoms with E-state index in [1.165, 1.54) is 4.68 Å². The molecule has 2 N–H and O–H groups in total. The maximum atomic E-state index is 5.22. The largest absolute Gasteiger partial charge is 0.308 e. The molecule has 7 heavy (non-hydrogen) atoms. The molecule has 1 aromatic heterocycles. The van der Waals surface area contributed by atoms with Crippen molar-refractivity contribution < 1.29 is 4.68 Å². The zero-order chi connectivity index (χ0) is 5.11. The van der Waals surface area contributed by atoms with Crippen LogP contribution in [0.5, 0.6) is 0 Å². The summed E-state index contributed by atoms with van der Waals surface area (Å²) in [5, 5.41) is 0. The molecule has 1 aromatic rings. The topological polar surface area (TPSA) is 29.9 Å². The Bertz CT molecular complexity index is 136. The van der Waals surface area contributed by atoms with Gasteiger partial charge < -0.3 is 0 Å². The molecule has 0 aliphatic rings. The van der Waals surface area contributed by atoms with E-state index in [2.05, 4.69) is 6.20 Å². The lowest BCUT2D eigenvalue weighted by Crippen LogP contribution is -2.43. The van der Waals surface area contributed by atoms with Crippen molar-refractivity contribution in [3.05, 3.63) is 30.6 Å². The van der Waals surface area contributed by atoms with Gasteiger partial charge in [0.05, 0.1) is 0 Å². The quantitative estimate of drug-likeness (QED) is 0.340. The summed E-state index contributed by atoms with van der Waals surface area (Å²) in [5.41, 5.74) is 0. The molecule has 0 amide bonds. The zero-order valence-electron chi connectivity index (χ0n) is 3.83. The lowest BCUT2D eigenvalue weighted by molar-refractivity contribution is -0.643. The summed E-state index contributed by atoms with van der Waals surface area (Å²) >= 11 is 0. The Morgan fingerprint density at radius 3 is 2.57 bits per heavy atom. The van der Waals surface area contributed by atoms with Gasteiger partial charge in [0.1, 0.15) is 0 Å². The van der Waals surface area contributed by atoms with E-state index in [0.717, 1.165) is 0 Å². The minimum atomic E-state index is 1.38. The first-order chi connectivity index (χ1) is 3.39. The fourth-order valence-electron chi connectivity index (χ4n) is 0.370. The Kier molecular flexibility index (Phi) is 0.941. The summed E-state index contributed by atoms with van der Waals surface area (Å²) < 4.78 is 1.38. The van der Waals surface area contributed by atoms with Gasteiger partial charge in [-0.05, 0) is 6.07 Å². The van der Waals surface area contributed by atoms with Gasteiger partial charge in [-0.15, -0.1) is 0 Å². The van der Waals surface area contributed by atoms with Crippen molar-refractivity contribution in [3.8, 4) is 0 Å². The molecule has 0 spiro atoms. The van der Waals surface area contributed by atoms with Gasteiger partial charge in [-0.2, -0.15) is 0 Å². The number of hydrogen-bond donors (Lipinski definition) is 1. The van der Waals surface area contributed by atoms with Crippen molar-refractivity contribution >= 4 is 0 Å². The van der Waals surface area contributed by atoms with Crippen molar-refractivity contribution in [1.82, 2.24) is 0 Å². The molecule has 2 nitrogen and oxygen atoms in total. The van der Waals surface area contributed by atoms with Crippen molar-refractivity contribution in [3.63, 3.8) is 0 Å². The molecule has 2 heteroatoms. The molecule has 0 unspecified atom stereocenters. The number of aromatic nitrogens is 1. The fraction of sp³-hybridized carbons (Fsp3) is 0. The molecule has 1 rings (SSSR count). The number of hydrogen-bond acceptors (Lipinski definition) is 1. The highest BCUT2D eigenvalue weighted by Crippen LogP contribution is 1.69. The van der Waals surface area contributed by atoms with Crippen molar-refractivity contribution in [2.45, 2.75) is 0 Å². The molecule has 0 fully saturated rings. The fourth-order valence-corrected chi connectivity index (χ4v) is 0.370. The molecule has 1 heterocycles. The van der Waals surface area contributed by atoms with Crippen molar-refractivity contribution in [1.29, 1.82) is 0 Å². The first kappa shape index (κ1) is 4.12. The Morgan fingerprint density at radius 2 is 2.29 bits per heavy atom. The van der Waals surface area contributed by atoms with E-state index in [0.29, 0.717) is 0 Å². The number of nitrogen functional groups attached to an aromatic ring is 1. The van der Waals surface area contributed by atoms with Crippen LogP contribution in [0.2, 0.25) is 0 Å². The van der Waals surface area contributed by atoms with Gasteiger partial charge >= 0.3 is 6.20 Å². The number of rotatable bonds is 0. The van der Waals surface area contributed by atoms with Crippen LogP contribution in [0.15, 0.2) is 24.4 Å². The first-order valence-electron chi connectivity index (χ1n) is 2.03. The van der Waals surface area contributed by atoms with Crippen LogP contribution < -0.4 is 10.5 Å². The van der Waals surface area contributed by atoms with Gasteiger partial charge in [0.15, 0.2) is 6.20 Å². The first-order valence-corrected chi connectivity index (χ1v) is 2.03. The second-order valence-electron chi connectivity index (χ2n) is 1.24. The molecule has 0 saturated heterocycles. The van der Waals surface area contributed by atoms with Crippen LogP contribution in [0, 0.1) is 6.20 Å². The number of pyridine rings is 1. The highest BCUT2D eigenvalue weighted by atomic mass is 15.3. The van der Waals surface area contributed by atoms with E-state index in [1.54, 1.807) is 12.3 Å². The molecule has 0 aliphatic heterocycles. The Hall–Kier alpha value is -1.05. The number of nitrogens with zero attached hydrogens (tertiary/aromatic N) is 1. The second kappa shape index (κ2) is 1.60. The maximum Gasteiger partial charge on any atom is 0.308 e. The van der Waals surface area contributed by atoms with E-state index in [4.69, 9.17) is 5.84 Å². The van der Waals surface area contributed by atoms with Crippen LogP contribution in [0.3, 0.4) is 0 Å². The third-order valence-corrected chi connectivity index (χ3v) is 0.678. The summed E-state index contributed by atoms with van der Waals surface area (Å²) in [6.45, 7) is 0. The summed E-state index contributed by atoms with van der Waals surface area (Å²) in [7, 11) is 0. The van der Waals surface area contributed by atoms with E-state index in [-0.39, 0.29) is 0 Å². The highest BCUT2D eigenvalue weighted by molar-refractivity contribution is 4.82. The smallest absolute Gasteiger partial charge is 0.205 e. The summed E-state index contributed by atoms with van der Waals surface area (Å²) in [6.07, 6.45) is 4.45. The molecular formula is C5H6N2+. The van der Waals surface area contributed by atoms with E-state index >= 15 is 0 Å². The SMILES string of the molecule is N[n+]1[c]cccc1. The molecule has 0 aliphatic carbocycles. The van der Waals surface area contributed by atoms with Crippen LogP contribution in [0.4, 0.5) is 0 Å². The highest BCUT2D eigenvalue weighted by Gasteiger charge is 1.82. The predicted molar refractivity (Wildman–Crippen MR) is 25.6 cm³/mol. The molecule has 0 bridgehead atoms. The van der Waals surface area contributed by atoms with Crippen molar-refractivity contribution in [2.24, 2.45) is 0 Å². The van der Waals surface area contributed by atoms with E-state index in [1.807, 2.05) is 12.1 Å². The Morgan fingerprint density at radius 1 is 1.43 bits per heavy atom. The second-order valence-corrected chi connectivity index (χ2v) is 1.24. The van der Waals surface area contributed by atoms with E-state index in [9.17, 15) is 0 Å². The molecule has 1 radical (unpaired) electrons. The van der Waals surface area contributed by atoms with Crippen LogP contribution in [0.1, 0.15) is 0 Å². The van der Waals surface area contributed by atoms with Crippen molar-refractivity contribution in [2.75, 3.05) is 5.84 Å². The van der Waals surface area contributed by atoms with E-state index < -0.39 is 0 Å². The molecule has 35 valence electrons. The zero-order valence-corrected chi connectivity index (χ0v) is 3.83. The molecule has 0 atom stereocenters. The minimum Gasteiger partial charge on any atom is -0.205 e. The standard InChI is InChI=1S/C5H6N2/c6-7-4-2-1-3-5-7/h1-4H,6H2/q+1. The normalized spacial score (nSPS) is 8.57. The third kappa shape index (κ3) is 0.892. The molecular weight excluding hydrogens is 88.1 g/mol. The van der Waals surface area contributed by atoms with Gasteiger partial charge in [0.25, 0.3) is 0 Å². The lowest BCUT2D eigenvalue weighted by Gasteiger charge is -1.74. The third-order valence-electron chi connectivity index (χ3n) is 0.678. The van der Waals surface area contributed by atoms with Crippen LogP contribution in [-0.4, -0.2) is 0 Å². The van der Waals surface area contributed by atoms with Gasteiger partial charge in [0, 0.05) is 12.1 Å². The summed E-state index contributed by atoms with van der Waals surface area (Å²) in [4.78, 5) is 0. The molecule has 0 aromatic carbocycles. The lowest BCUT2D eigenvalue weighted by atomic mass is 10.5. The Balaban J connectivity index is 3.02. The Labute approximate surface area is 42.2 Å².